The van der Waals surface area contributed by atoms with Crippen molar-refractivity contribution in [2.24, 2.45) is 0 Å². The second kappa shape index (κ2) is 7.22. The maximum Gasteiger partial charge on any atom is 0.274 e. The van der Waals surface area contributed by atoms with Crippen LogP contribution in [0.2, 0.25) is 0 Å². The molecule has 2 aliphatic heterocycles. The minimum absolute atomic E-state index is 0.00697. The smallest absolute Gasteiger partial charge is 0.274 e. The van der Waals surface area contributed by atoms with E-state index >= 15 is 0 Å². The molecule has 1 aromatic carbocycles. The molecule has 4 rings (SSSR count). The summed E-state index contributed by atoms with van der Waals surface area (Å²) in [7, 11) is 0. The van der Waals surface area contributed by atoms with Crippen LogP contribution in [0.4, 0.5) is 0 Å². The summed E-state index contributed by atoms with van der Waals surface area (Å²) in [6, 6.07) is 7.81. The van der Waals surface area contributed by atoms with Crippen molar-refractivity contribution >= 4 is 11.8 Å². The van der Waals surface area contributed by atoms with Gasteiger partial charge in [0.05, 0.1) is 25.0 Å². The molecule has 146 valence electrons. The lowest BCUT2D eigenvalue weighted by atomic mass is 9.91. The van der Waals surface area contributed by atoms with Crippen molar-refractivity contribution in [1.82, 2.24) is 19.8 Å². The second-order valence-corrected chi connectivity index (χ2v) is 7.64. The molecule has 1 aromatic heterocycles. The van der Waals surface area contributed by atoms with E-state index in [1.54, 1.807) is 18.0 Å². The van der Waals surface area contributed by atoms with Crippen molar-refractivity contribution in [1.29, 1.82) is 0 Å². The number of para-hydroxylation sites is 1. The Bertz CT molecular complexity index is 899. The summed E-state index contributed by atoms with van der Waals surface area (Å²) < 4.78 is 6.48. The lowest BCUT2D eigenvalue weighted by Crippen LogP contribution is -2.58. The first-order valence-electron chi connectivity index (χ1n) is 9.56. The van der Waals surface area contributed by atoms with Gasteiger partial charge in [0.15, 0.2) is 0 Å². The minimum Gasteiger partial charge on any atom is -0.483 e. The van der Waals surface area contributed by atoms with Crippen LogP contribution in [-0.4, -0.2) is 56.8 Å². The Labute approximate surface area is 164 Å². The van der Waals surface area contributed by atoms with Gasteiger partial charge in [-0.1, -0.05) is 18.2 Å². The Morgan fingerprint density at radius 3 is 2.64 bits per heavy atom. The number of fused-ring (bicyclic) bond motifs is 1. The largest absolute Gasteiger partial charge is 0.483 e. The molecule has 0 N–H and O–H groups in total. The minimum atomic E-state index is -0.621. The fourth-order valence-electron chi connectivity index (χ4n) is 3.98. The Morgan fingerprint density at radius 1 is 1.11 bits per heavy atom. The number of amides is 2. The predicted molar refractivity (Wildman–Crippen MR) is 103 cm³/mol. The first-order valence-corrected chi connectivity index (χ1v) is 9.56. The summed E-state index contributed by atoms with van der Waals surface area (Å²) in [6.07, 6.45) is 4.71. The van der Waals surface area contributed by atoms with Gasteiger partial charge in [-0.25, -0.2) is 4.98 Å². The van der Waals surface area contributed by atoms with E-state index in [2.05, 4.69) is 9.97 Å². The van der Waals surface area contributed by atoms with Crippen molar-refractivity contribution in [3.05, 3.63) is 53.6 Å². The van der Waals surface area contributed by atoms with Gasteiger partial charge >= 0.3 is 0 Å². The third-order valence-corrected chi connectivity index (χ3v) is 5.41. The van der Waals surface area contributed by atoms with Gasteiger partial charge < -0.3 is 14.5 Å². The molecule has 3 heterocycles. The number of likely N-dealkylation sites (tertiary alicyclic amines) is 1. The van der Waals surface area contributed by atoms with Crippen LogP contribution in [0.1, 0.15) is 41.5 Å². The Balaban J connectivity index is 1.63. The van der Waals surface area contributed by atoms with Gasteiger partial charge in [0.25, 0.3) is 5.91 Å². The Morgan fingerprint density at radius 2 is 1.89 bits per heavy atom. The zero-order valence-electron chi connectivity index (χ0n) is 16.2. The zero-order chi connectivity index (χ0) is 19.7. The molecule has 1 spiro atoms. The Kier molecular flexibility index (Phi) is 4.75. The Hall–Kier alpha value is -2.96. The molecular formula is C21H24N4O3. The number of rotatable bonds is 1. The molecule has 0 saturated carbocycles. The van der Waals surface area contributed by atoms with Crippen LogP contribution in [0.3, 0.4) is 0 Å². The number of aromatic nitrogens is 2. The average molecular weight is 380 g/mol. The molecule has 0 bridgehead atoms. The van der Waals surface area contributed by atoms with Gasteiger partial charge in [-0.15, -0.1) is 0 Å². The summed E-state index contributed by atoms with van der Waals surface area (Å²) in [5.74, 6) is 0.644. The highest BCUT2D eigenvalue weighted by atomic mass is 16.5. The number of carbonyl (C=O) groups excluding carboxylic acids is 2. The average Bonchev–Trinajstić information content (AvgIpc) is 2.84. The summed E-state index contributed by atoms with van der Waals surface area (Å²) in [6.45, 7) is 5.45. The molecule has 0 unspecified atom stereocenters. The van der Waals surface area contributed by atoms with E-state index in [1.165, 1.54) is 6.20 Å². The van der Waals surface area contributed by atoms with Gasteiger partial charge in [0.1, 0.15) is 17.0 Å². The van der Waals surface area contributed by atoms with E-state index in [1.807, 2.05) is 36.1 Å². The highest BCUT2D eigenvalue weighted by molar-refractivity contribution is 5.92. The van der Waals surface area contributed by atoms with E-state index in [9.17, 15) is 9.59 Å². The number of piperidine rings is 1. The first-order chi connectivity index (χ1) is 13.5. The van der Waals surface area contributed by atoms with E-state index in [-0.39, 0.29) is 11.8 Å². The molecule has 2 aliphatic rings. The highest BCUT2D eigenvalue weighted by Gasteiger charge is 2.43. The third-order valence-electron chi connectivity index (χ3n) is 5.41. The van der Waals surface area contributed by atoms with Gasteiger partial charge in [0.2, 0.25) is 5.91 Å². The SMILES string of the molecule is CC(=O)N1Cc2ccccc2O[C@]2(CCCN(C(=O)c3cnc(C)cn3)C2)C1. The number of hydrogen-bond acceptors (Lipinski definition) is 5. The first kappa shape index (κ1) is 18.4. The summed E-state index contributed by atoms with van der Waals surface area (Å²) >= 11 is 0. The maximum atomic E-state index is 13.0. The standard InChI is InChI=1S/C21H24N4O3/c1-15-10-23-18(11-22-15)20(27)24-9-5-8-21(13-24)14-25(16(2)26)12-17-6-3-4-7-19(17)28-21/h3-4,6-7,10-11H,5,8-9,12-14H2,1-2H3/t21-/m0/s1. The molecular weight excluding hydrogens is 356 g/mol. The van der Waals surface area contributed by atoms with Crippen LogP contribution in [0.15, 0.2) is 36.7 Å². The third kappa shape index (κ3) is 3.56. The van der Waals surface area contributed by atoms with Crippen LogP contribution in [0, 0.1) is 6.92 Å². The van der Waals surface area contributed by atoms with Gasteiger partial charge in [-0.2, -0.15) is 0 Å². The van der Waals surface area contributed by atoms with Crippen LogP contribution in [0.5, 0.6) is 5.75 Å². The molecule has 7 heteroatoms. The molecule has 28 heavy (non-hydrogen) atoms. The van der Waals surface area contributed by atoms with Crippen molar-refractivity contribution < 1.29 is 14.3 Å². The van der Waals surface area contributed by atoms with Crippen molar-refractivity contribution in [2.75, 3.05) is 19.6 Å². The quantitative estimate of drug-likeness (QED) is 0.758. The number of aryl methyl sites for hydroxylation is 1. The molecule has 2 amide bonds. The van der Waals surface area contributed by atoms with Crippen LogP contribution in [-0.2, 0) is 11.3 Å². The molecule has 7 nitrogen and oxygen atoms in total. The number of carbonyl (C=O) groups is 2. The molecule has 1 atom stereocenters. The summed E-state index contributed by atoms with van der Waals surface area (Å²) in [4.78, 5) is 37.2. The second-order valence-electron chi connectivity index (χ2n) is 7.64. The van der Waals surface area contributed by atoms with Crippen LogP contribution >= 0.6 is 0 Å². The van der Waals surface area contributed by atoms with E-state index < -0.39 is 5.60 Å². The lowest BCUT2D eigenvalue weighted by molar-refractivity contribution is -0.132. The number of benzene rings is 1. The van der Waals surface area contributed by atoms with Crippen molar-refractivity contribution in [3.8, 4) is 5.75 Å². The predicted octanol–water partition coefficient (Wildman–Crippen LogP) is 2.20. The monoisotopic (exact) mass is 380 g/mol. The van der Waals surface area contributed by atoms with Crippen molar-refractivity contribution in [2.45, 2.75) is 38.8 Å². The number of ether oxygens (including phenoxy) is 1. The molecule has 0 aliphatic carbocycles. The van der Waals surface area contributed by atoms with Crippen LogP contribution in [0.25, 0.3) is 0 Å². The molecule has 1 saturated heterocycles. The fourth-order valence-corrected chi connectivity index (χ4v) is 3.98. The highest BCUT2D eigenvalue weighted by Crippen LogP contribution is 2.35. The van der Waals surface area contributed by atoms with Gasteiger partial charge in [0, 0.05) is 31.8 Å². The topological polar surface area (TPSA) is 75.6 Å². The molecule has 2 aromatic rings. The lowest BCUT2D eigenvalue weighted by Gasteiger charge is -2.43. The van der Waals surface area contributed by atoms with E-state index in [0.29, 0.717) is 31.9 Å². The number of nitrogens with zero attached hydrogens (tertiary/aromatic N) is 4. The molecule has 0 radical (unpaired) electrons. The van der Waals surface area contributed by atoms with Crippen molar-refractivity contribution in [3.63, 3.8) is 0 Å². The fraction of sp³-hybridized carbons (Fsp3) is 0.429. The summed E-state index contributed by atoms with van der Waals surface area (Å²) in [5, 5.41) is 0. The van der Waals surface area contributed by atoms with E-state index in [4.69, 9.17) is 4.74 Å². The molecule has 1 fully saturated rings. The van der Waals surface area contributed by atoms with E-state index in [0.717, 1.165) is 29.8 Å². The van der Waals surface area contributed by atoms with Crippen LogP contribution < -0.4 is 4.74 Å². The normalized spacial score (nSPS) is 21.6. The van der Waals surface area contributed by atoms with Gasteiger partial charge in [-0.3, -0.25) is 14.6 Å². The maximum absolute atomic E-state index is 13.0. The number of hydrogen-bond donors (Lipinski definition) is 0. The summed E-state index contributed by atoms with van der Waals surface area (Å²) in [5.41, 5.74) is 1.47. The zero-order valence-corrected chi connectivity index (χ0v) is 16.2. The van der Waals surface area contributed by atoms with Gasteiger partial charge in [-0.05, 0) is 25.8 Å².